The lowest BCUT2D eigenvalue weighted by Crippen LogP contribution is -2.45. The highest BCUT2D eigenvalue weighted by atomic mass is 35.5. The lowest BCUT2D eigenvalue weighted by molar-refractivity contribution is -0.120. The van der Waals surface area contributed by atoms with Crippen molar-refractivity contribution >= 4 is 24.1 Å². The normalized spacial score (nSPS) is 21.1. The van der Waals surface area contributed by atoms with Crippen LogP contribution in [0.2, 0.25) is 0 Å². The maximum atomic E-state index is 11.4. The van der Waals surface area contributed by atoms with Gasteiger partial charge in [-0.1, -0.05) is 6.07 Å². The molecule has 0 bridgehead atoms. The second kappa shape index (κ2) is 8.92. The Labute approximate surface area is 138 Å². The van der Waals surface area contributed by atoms with Gasteiger partial charge in [0.1, 0.15) is 5.82 Å². The number of nitrogens with one attached hydrogen (secondary N) is 2. The van der Waals surface area contributed by atoms with E-state index in [9.17, 15) is 4.79 Å². The molecule has 0 aromatic carbocycles. The number of carbonyl (C=O) groups is 1. The Morgan fingerprint density at radius 2 is 2.05 bits per heavy atom. The van der Waals surface area contributed by atoms with Crippen molar-refractivity contribution in [3.05, 3.63) is 23.9 Å². The van der Waals surface area contributed by atoms with E-state index in [-0.39, 0.29) is 30.5 Å². The zero-order chi connectivity index (χ0) is 15.2. The van der Waals surface area contributed by atoms with Crippen LogP contribution in [0.4, 0.5) is 5.82 Å². The fourth-order valence-corrected chi connectivity index (χ4v) is 2.50. The molecule has 1 saturated heterocycles. The molecule has 2 atom stereocenters. The Kier molecular flexibility index (Phi) is 7.58. The molecule has 0 saturated carbocycles. The van der Waals surface area contributed by atoms with E-state index in [1.54, 1.807) is 7.05 Å². The smallest absolute Gasteiger partial charge is 0.234 e. The molecule has 6 nitrogen and oxygen atoms in total. The Hall–Kier alpha value is -1.37. The maximum absolute atomic E-state index is 11.4. The van der Waals surface area contributed by atoms with E-state index in [2.05, 4.69) is 34.4 Å². The SMILES string of the molecule is CNCC(=O)NCc1ccc(N2CC(C)OC(C)C2)nc1.Cl. The summed E-state index contributed by atoms with van der Waals surface area (Å²) >= 11 is 0. The fourth-order valence-electron chi connectivity index (χ4n) is 2.50. The quantitative estimate of drug-likeness (QED) is 0.842. The van der Waals surface area contributed by atoms with Gasteiger partial charge in [-0.2, -0.15) is 0 Å². The number of aromatic nitrogens is 1. The van der Waals surface area contributed by atoms with Gasteiger partial charge >= 0.3 is 0 Å². The van der Waals surface area contributed by atoms with Crippen molar-refractivity contribution in [1.82, 2.24) is 15.6 Å². The van der Waals surface area contributed by atoms with Gasteiger partial charge in [-0.25, -0.2) is 4.98 Å². The second-order valence-electron chi connectivity index (χ2n) is 5.49. The van der Waals surface area contributed by atoms with Gasteiger partial charge in [-0.05, 0) is 32.5 Å². The molecule has 1 aromatic heterocycles. The van der Waals surface area contributed by atoms with Crippen LogP contribution in [0.3, 0.4) is 0 Å². The summed E-state index contributed by atoms with van der Waals surface area (Å²) < 4.78 is 5.73. The monoisotopic (exact) mass is 328 g/mol. The molecule has 2 N–H and O–H groups in total. The second-order valence-corrected chi connectivity index (χ2v) is 5.49. The van der Waals surface area contributed by atoms with Gasteiger partial charge in [0.25, 0.3) is 0 Å². The van der Waals surface area contributed by atoms with Gasteiger partial charge in [0.05, 0.1) is 18.8 Å². The number of nitrogens with zero attached hydrogens (tertiary/aromatic N) is 2. The first-order chi connectivity index (χ1) is 10.1. The maximum Gasteiger partial charge on any atom is 0.234 e. The van der Waals surface area contributed by atoms with E-state index in [0.29, 0.717) is 13.1 Å². The van der Waals surface area contributed by atoms with E-state index in [1.807, 2.05) is 18.3 Å². The lowest BCUT2D eigenvalue weighted by atomic mass is 10.2. The largest absolute Gasteiger partial charge is 0.372 e. The van der Waals surface area contributed by atoms with Crippen molar-refractivity contribution < 1.29 is 9.53 Å². The highest BCUT2D eigenvalue weighted by Crippen LogP contribution is 2.18. The highest BCUT2D eigenvalue weighted by Gasteiger charge is 2.22. The summed E-state index contributed by atoms with van der Waals surface area (Å²) in [5, 5.41) is 5.66. The summed E-state index contributed by atoms with van der Waals surface area (Å²) in [6, 6.07) is 4.01. The first-order valence-electron chi connectivity index (χ1n) is 7.35. The summed E-state index contributed by atoms with van der Waals surface area (Å²) in [6.07, 6.45) is 2.26. The van der Waals surface area contributed by atoms with Gasteiger partial charge in [-0.3, -0.25) is 4.79 Å². The van der Waals surface area contributed by atoms with Gasteiger partial charge < -0.3 is 20.3 Å². The summed E-state index contributed by atoms with van der Waals surface area (Å²) in [6.45, 7) is 6.70. The molecule has 22 heavy (non-hydrogen) atoms. The summed E-state index contributed by atoms with van der Waals surface area (Å²) in [7, 11) is 1.75. The lowest BCUT2D eigenvalue weighted by Gasteiger charge is -2.36. The Bertz CT molecular complexity index is 459. The molecule has 1 aromatic rings. The van der Waals surface area contributed by atoms with Gasteiger partial charge in [-0.15, -0.1) is 12.4 Å². The topological polar surface area (TPSA) is 66.5 Å². The number of morpholine rings is 1. The van der Waals surface area contributed by atoms with Crippen molar-refractivity contribution in [1.29, 1.82) is 0 Å². The number of likely N-dealkylation sites (N-methyl/N-ethyl adjacent to an activating group) is 1. The van der Waals surface area contributed by atoms with Crippen molar-refractivity contribution in [2.75, 3.05) is 31.6 Å². The molecular weight excluding hydrogens is 304 g/mol. The van der Waals surface area contributed by atoms with Crippen LogP contribution in [0.25, 0.3) is 0 Å². The molecule has 2 unspecified atom stereocenters. The minimum Gasteiger partial charge on any atom is -0.372 e. The van der Waals surface area contributed by atoms with Crippen LogP contribution < -0.4 is 15.5 Å². The number of pyridine rings is 1. The van der Waals surface area contributed by atoms with Crippen LogP contribution in [-0.2, 0) is 16.1 Å². The number of ether oxygens (including phenoxy) is 1. The zero-order valence-electron chi connectivity index (χ0n) is 13.3. The number of carbonyl (C=O) groups excluding carboxylic acids is 1. The zero-order valence-corrected chi connectivity index (χ0v) is 14.2. The molecule has 0 radical (unpaired) electrons. The van der Waals surface area contributed by atoms with Crippen molar-refractivity contribution in [2.24, 2.45) is 0 Å². The van der Waals surface area contributed by atoms with Crippen LogP contribution in [0.1, 0.15) is 19.4 Å². The predicted molar refractivity (Wildman–Crippen MR) is 89.5 cm³/mol. The van der Waals surface area contributed by atoms with Crippen LogP contribution >= 0.6 is 12.4 Å². The summed E-state index contributed by atoms with van der Waals surface area (Å²) in [5.41, 5.74) is 0.998. The van der Waals surface area contributed by atoms with E-state index in [1.165, 1.54) is 0 Å². The standard InChI is InChI=1S/C15H24N4O2.ClH/c1-11-9-19(10-12(2)21-11)14-5-4-13(6-17-14)7-18-15(20)8-16-3;/h4-6,11-12,16H,7-10H2,1-3H3,(H,18,20);1H. The highest BCUT2D eigenvalue weighted by molar-refractivity contribution is 5.85. The van der Waals surface area contributed by atoms with Crippen LogP contribution in [-0.4, -0.2) is 49.8 Å². The predicted octanol–water partition coefficient (Wildman–Crippen LogP) is 0.953. The van der Waals surface area contributed by atoms with Crippen LogP contribution in [0, 0.1) is 0 Å². The van der Waals surface area contributed by atoms with E-state index >= 15 is 0 Å². The molecule has 1 aliphatic heterocycles. The molecular formula is C15H25ClN4O2. The third-order valence-corrected chi connectivity index (χ3v) is 3.38. The summed E-state index contributed by atoms with van der Waals surface area (Å²) in [4.78, 5) is 18.1. The molecule has 1 fully saturated rings. The van der Waals surface area contributed by atoms with Crippen LogP contribution in [0.15, 0.2) is 18.3 Å². The van der Waals surface area contributed by atoms with Gasteiger partial charge in [0, 0.05) is 25.8 Å². The average molecular weight is 329 g/mol. The first kappa shape index (κ1) is 18.7. The van der Waals surface area contributed by atoms with Crippen LogP contribution in [0.5, 0.6) is 0 Å². The molecule has 7 heteroatoms. The molecule has 124 valence electrons. The Morgan fingerprint density at radius 1 is 1.36 bits per heavy atom. The Morgan fingerprint density at radius 3 is 2.59 bits per heavy atom. The van der Waals surface area contributed by atoms with Gasteiger partial charge in [0.2, 0.25) is 5.91 Å². The van der Waals surface area contributed by atoms with Crippen molar-refractivity contribution in [2.45, 2.75) is 32.6 Å². The third kappa shape index (κ3) is 5.44. The number of rotatable bonds is 5. The molecule has 1 aliphatic rings. The number of hydrogen-bond acceptors (Lipinski definition) is 5. The van der Waals surface area contributed by atoms with Crippen molar-refractivity contribution in [3.63, 3.8) is 0 Å². The van der Waals surface area contributed by atoms with E-state index < -0.39 is 0 Å². The first-order valence-corrected chi connectivity index (χ1v) is 7.35. The molecule has 2 rings (SSSR count). The minimum atomic E-state index is -0.0163. The molecule has 0 aliphatic carbocycles. The van der Waals surface area contributed by atoms with Crippen molar-refractivity contribution in [3.8, 4) is 0 Å². The number of halogens is 1. The molecule has 1 amide bonds. The number of hydrogen-bond donors (Lipinski definition) is 2. The third-order valence-electron chi connectivity index (χ3n) is 3.38. The van der Waals surface area contributed by atoms with E-state index in [0.717, 1.165) is 24.5 Å². The number of amides is 1. The molecule has 0 spiro atoms. The number of anilines is 1. The minimum absolute atomic E-state index is 0. The molecule has 2 heterocycles. The average Bonchev–Trinajstić information content (AvgIpc) is 2.45. The van der Waals surface area contributed by atoms with E-state index in [4.69, 9.17) is 4.74 Å². The fraction of sp³-hybridized carbons (Fsp3) is 0.600. The Balaban J connectivity index is 0.00000242. The summed E-state index contributed by atoms with van der Waals surface area (Å²) in [5.74, 6) is 0.944. The van der Waals surface area contributed by atoms with Gasteiger partial charge in [0.15, 0.2) is 0 Å².